The summed E-state index contributed by atoms with van der Waals surface area (Å²) in [4.78, 5) is 33.0. The van der Waals surface area contributed by atoms with Crippen molar-refractivity contribution in [3.05, 3.63) is 89.7 Å². The number of hydrazine groups is 1. The second kappa shape index (κ2) is 11.0. The Morgan fingerprint density at radius 1 is 1.03 bits per heavy atom. The van der Waals surface area contributed by atoms with Crippen molar-refractivity contribution in [1.82, 2.24) is 20.7 Å². The third kappa shape index (κ3) is 5.78. The number of hydrogen-bond acceptors (Lipinski definition) is 9. The molecule has 4 aromatic rings. The number of benzene rings is 2. The fraction of sp³-hybridized carbons (Fsp3) is 0.143. The highest BCUT2D eigenvalue weighted by Crippen LogP contribution is 2.25. The quantitative estimate of drug-likeness (QED) is 0.114. The average Bonchev–Trinajstić information content (AvgIpc) is 3.51. The minimum Gasteiger partial charge on any atom is -0.341 e. The van der Waals surface area contributed by atoms with Crippen LogP contribution in [0.25, 0.3) is 22.2 Å². The maximum atomic E-state index is 12.4. The summed E-state index contributed by atoms with van der Waals surface area (Å²) in [6.45, 7) is 0.655. The Hall–Kier alpha value is -4.63. The molecule has 4 N–H and O–H groups in total. The zero-order valence-electron chi connectivity index (χ0n) is 20.5. The van der Waals surface area contributed by atoms with Gasteiger partial charge in [0, 0.05) is 34.5 Å². The number of aromatic nitrogens is 2. The highest BCUT2D eigenvalue weighted by molar-refractivity contribution is 7.87. The summed E-state index contributed by atoms with van der Waals surface area (Å²) in [5.74, 6) is 10.1. The van der Waals surface area contributed by atoms with E-state index in [1.54, 1.807) is 36.7 Å². The zero-order valence-corrected chi connectivity index (χ0v) is 21.4. The minimum atomic E-state index is -4.22. The molecule has 1 atom stereocenters. The standard InChI is InChI=1S/C28H23N5O5S/c29-33-27(34)22-16-26(32-24-13-15-30-17-23(22)24)20-9-5-18(6-10-20)3-4-19-7-11-21(12-8-19)39(36,37)38-28(35)25-2-1-14-31-25/h5-13,15-17,25,31H,1-2,14,29H2,(H,33,34). The first-order valence-electron chi connectivity index (χ1n) is 12.0. The molecule has 0 bridgehead atoms. The normalized spacial score (nSPS) is 14.8. The van der Waals surface area contributed by atoms with Gasteiger partial charge in [-0.05, 0) is 67.9 Å². The first-order chi connectivity index (χ1) is 18.8. The first kappa shape index (κ1) is 26.0. The predicted molar refractivity (Wildman–Crippen MR) is 143 cm³/mol. The molecule has 0 saturated carbocycles. The summed E-state index contributed by atoms with van der Waals surface area (Å²) in [5, 5.41) is 3.51. The molecular formula is C28H23N5O5S. The lowest BCUT2D eigenvalue weighted by Crippen LogP contribution is -2.33. The van der Waals surface area contributed by atoms with Gasteiger partial charge in [0.2, 0.25) is 0 Å². The molecule has 39 heavy (non-hydrogen) atoms. The molecule has 0 radical (unpaired) electrons. The number of nitrogen functional groups attached to an aromatic ring is 1. The van der Waals surface area contributed by atoms with E-state index in [4.69, 9.17) is 10.0 Å². The van der Waals surface area contributed by atoms with Crippen LogP contribution in [-0.2, 0) is 19.1 Å². The number of pyridine rings is 2. The van der Waals surface area contributed by atoms with E-state index < -0.39 is 28.0 Å². The van der Waals surface area contributed by atoms with Gasteiger partial charge in [-0.25, -0.2) is 15.6 Å². The maximum Gasteiger partial charge on any atom is 0.341 e. The van der Waals surface area contributed by atoms with Crippen LogP contribution in [0.2, 0.25) is 0 Å². The van der Waals surface area contributed by atoms with Crippen LogP contribution in [0.1, 0.15) is 34.3 Å². The molecule has 0 spiro atoms. The Morgan fingerprint density at radius 3 is 2.36 bits per heavy atom. The van der Waals surface area contributed by atoms with Crippen LogP contribution in [0, 0.1) is 11.8 Å². The van der Waals surface area contributed by atoms with Crippen molar-refractivity contribution in [2.24, 2.45) is 5.84 Å². The van der Waals surface area contributed by atoms with Gasteiger partial charge in [0.05, 0.1) is 16.8 Å². The zero-order chi connectivity index (χ0) is 27.4. The number of carbonyl (C=O) groups is 2. The van der Waals surface area contributed by atoms with Crippen molar-refractivity contribution >= 4 is 32.9 Å². The molecular weight excluding hydrogens is 518 g/mol. The molecule has 3 heterocycles. The Kier molecular flexibility index (Phi) is 7.33. The Balaban J connectivity index is 1.31. The minimum absolute atomic E-state index is 0.120. The van der Waals surface area contributed by atoms with E-state index in [9.17, 15) is 18.0 Å². The van der Waals surface area contributed by atoms with Gasteiger partial charge >= 0.3 is 16.1 Å². The number of amides is 1. The summed E-state index contributed by atoms with van der Waals surface area (Å²) >= 11 is 0. The molecule has 2 aromatic heterocycles. The molecule has 2 aromatic carbocycles. The third-order valence-corrected chi connectivity index (χ3v) is 7.43. The van der Waals surface area contributed by atoms with Gasteiger partial charge in [0.1, 0.15) is 10.9 Å². The van der Waals surface area contributed by atoms with Crippen molar-refractivity contribution in [2.75, 3.05) is 6.54 Å². The van der Waals surface area contributed by atoms with E-state index in [-0.39, 0.29) is 4.90 Å². The SMILES string of the molecule is NNC(=O)c1cc(-c2ccc(C#Cc3ccc(S(=O)(=O)OC(=O)C4CCCN4)cc3)cc2)nc2ccncc12. The molecule has 1 saturated heterocycles. The number of carbonyl (C=O) groups excluding carboxylic acids is 2. The number of nitrogens with one attached hydrogen (secondary N) is 2. The van der Waals surface area contributed by atoms with Crippen LogP contribution in [0.5, 0.6) is 0 Å². The van der Waals surface area contributed by atoms with Crippen LogP contribution in [0.15, 0.2) is 78.0 Å². The molecule has 1 amide bonds. The lowest BCUT2D eigenvalue weighted by Gasteiger charge is -2.10. The second-order valence-corrected chi connectivity index (χ2v) is 10.3. The van der Waals surface area contributed by atoms with Gasteiger partial charge in [0.15, 0.2) is 0 Å². The number of nitrogens with zero attached hydrogens (tertiary/aromatic N) is 2. The summed E-state index contributed by atoms with van der Waals surface area (Å²) in [7, 11) is -4.22. The van der Waals surface area contributed by atoms with E-state index >= 15 is 0 Å². The molecule has 1 fully saturated rings. The van der Waals surface area contributed by atoms with Gasteiger partial charge in [-0.2, -0.15) is 8.42 Å². The third-order valence-electron chi connectivity index (χ3n) is 6.20. The van der Waals surface area contributed by atoms with Gasteiger partial charge in [-0.3, -0.25) is 15.2 Å². The Labute approximate surface area is 224 Å². The van der Waals surface area contributed by atoms with E-state index in [1.807, 2.05) is 24.3 Å². The first-order valence-corrected chi connectivity index (χ1v) is 13.4. The molecule has 196 valence electrons. The van der Waals surface area contributed by atoms with E-state index in [0.29, 0.717) is 40.7 Å². The fourth-order valence-corrected chi connectivity index (χ4v) is 5.05. The van der Waals surface area contributed by atoms with Crippen molar-refractivity contribution in [3.63, 3.8) is 0 Å². The van der Waals surface area contributed by atoms with Gasteiger partial charge in [-0.1, -0.05) is 24.0 Å². The summed E-state index contributed by atoms with van der Waals surface area (Å²) in [6, 6.07) is 15.9. The van der Waals surface area contributed by atoms with E-state index in [1.165, 1.54) is 12.1 Å². The molecule has 10 nitrogen and oxygen atoms in total. The van der Waals surface area contributed by atoms with E-state index in [0.717, 1.165) is 17.5 Å². The average molecular weight is 542 g/mol. The maximum absolute atomic E-state index is 12.4. The fourth-order valence-electron chi connectivity index (χ4n) is 4.16. The summed E-state index contributed by atoms with van der Waals surface area (Å²) < 4.78 is 29.7. The van der Waals surface area contributed by atoms with E-state index in [2.05, 4.69) is 32.6 Å². The lowest BCUT2D eigenvalue weighted by atomic mass is 10.0. The molecule has 5 rings (SSSR count). The van der Waals surface area contributed by atoms with Crippen LogP contribution < -0.4 is 16.6 Å². The van der Waals surface area contributed by atoms with Crippen molar-refractivity contribution in [3.8, 4) is 23.1 Å². The highest BCUT2D eigenvalue weighted by Gasteiger charge is 2.29. The van der Waals surface area contributed by atoms with Gasteiger partial charge < -0.3 is 9.50 Å². The van der Waals surface area contributed by atoms with Crippen molar-refractivity contribution in [2.45, 2.75) is 23.8 Å². The molecule has 11 heteroatoms. The Morgan fingerprint density at radius 2 is 1.72 bits per heavy atom. The molecule has 1 unspecified atom stereocenters. The van der Waals surface area contributed by atoms with Gasteiger partial charge in [-0.15, -0.1) is 0 Å². The van der Waals surface area contributed by atoms with Crippen LogP contribution >= 0.6 is 0 Å². The summed E-state index contributed by atoms with van der Waals surface area (Å²) in [5.41, 5.74) is 5.81. The number of fused-ring (bicyclic) bond motifs is 1. The van der Waals surface area contributed by atoms with Crippen LogP contribution in [-0.4, -0.2) is 42.8 Å². The monoisotopic (exact) mass is 541 g/mol. The lowest BCUT2D eigenvalue weighted by molar-refractivity contribution is -0.135. The number of nitrogens with two attached hydrogens (primary N) is 1. The second-order valence-electron chi connectivity index (χ2n) is 8.78. The highest BCUT2D eigenvalue weighted by atomic mass is 32.2. The molecule has 1 aliphatic heterocycles. The van der Waals surface area contributed by atoms with Gasteiger partial charge in [0.25, 0.3) is 5.91 Å². The predicted octanol–water partition coefficient (Wildman–Crippen LogP) is 2.28. The molecule has 1 aliphatic rings. The van der Waals surface area contributed by atoms with Crippen LogP contribution in [0.4, 0.5) is 0 Å². The van der Waals surface area contributed by atoms with Crippen LogP contribution in [0.3, 0.4) is 0 Å². The largest absolute Gasteiger partial charge is 0.341 e. The summed E-state index contributed by atoms with van der Waals surface area (Å²) in [6.07, 6.45) is 4.51. The number of hydrogen-bond donors (Lipinski definition) is 3. The number of rotatable bonds is 5. The topological polar surface area (TPSA) is 153 Å². The smallest absolute Gasteiger partial charge is 0.341 e. The Bertz CT molecular complexity index is 1720. The van der Waals surface area contributed by atoms with Crippen molar-refractivity contribution < 1.29 is 22.2 Å². The van der Waals surface area contributed by atoms with Crippen molar-refractivity contribution in [1.29, 1.82) is 0 Å². The molecule has 0 aliphatic carbocycles.